The van der Waals surface area contributed by atoms with E-state index in [1.54, 1.807) is 0 Å². The highest BCUT2D eigenvalue weighted by Gasteiger charge is 2.30. The van der Waals surface area contributed by atoms with Crippen LogP contribution >= 0.6 is 0 Å². The summed E-state index contributed by atoms with van der Waals surface area (Å²) in [5.74, 6) is -3.17. The van der Waals surface area contributed by atoms with Crippen LogP contribution in [0, 0.1) is 11.6 Å². The van der Waals surface area contributed by atoms with Gasteiger partial charge in [0.05, 0.1) is 0 Å². The molecule has 1 saturated heterocycles. The van der Waals surface area contributed by atoms with Crippen molar-refractivity contribution in [2.75, 3.05) is 11.4 Å². The van der Waals surface area contributed by atoms with E-state index in [1.807, 2.05) is 0 Å². The lowest BCUT2D eigenvalue weighted by Gasteiger charge is -2.14. The number of ketones is 1. The largest absolute Gasteiger partial charge is 0.305 e. The lowest BCUT2D eigenvalue weighted by molar-refractivity contribution is -0.133. The molecule has 0 aromatic heterocycles. The number of carbonyl (C=O) groups excluding carboxylic acids is 2. The molecule has 0 atom stereocenters. The van der Waals surface area contributed by atoms with Crippen molar-refractivity contribution in [2.24, 2.45) is 0 Å². The minimum Gasteiger partial charge on any atom is -0.305 e. The van der Waals surface area contributed by atoms with Gasteiger partial charge in [0, 0.05) is 24.7 Å². The Morgan fingerprint density at radius 1 is 1.13 bits per heavy atom. The monoisotopic (exact) mass is 211 g/mol. The maximum atomic E-state index is 12.9. The molecular weight excluding hydrogens is 204 g/mol. The maximum absolute atomic E-state index is 12.9. The second-order valence-electron chi connectivity index (χ2n) is 3.23. The van der Waals surface area contributed by atoms with Gasteiger partial charge in [-0.1, -0.05) is 0 Å². The normalized spacial score (nSPS) is 16.3. The predicted molar refractivity (Wildman–Crippen MR) is 48.3 cm³/mol. The third kappa shape index (κ3) is 1.60. The predicted octanol–water partition coefficient (Wildman–Crippen LogP) is 1.27. The van der Waals surface area contributed by atoms with Gasteiger partial charge >= 0.3 is 0 Å². The molecule has 0 spiro atoms. The first-order valence-electron chi connectivity index (χ1n) is 4.39. The van der Waals surface area contributed by atoms with Crippen LogP contribution in [0.2, 0.25) is 0 Å². The number of carbonyl (C=O) groups is 2. The Bertz CT molecular complexity index is 445. The van der Waals surface area contributed by atoms with Gasteiger partial charge < -0.3 is 4.90 Å². The third-order valence-electron chi connectivity index (χ3n) is 2.26. The topological polar surface area (TPSA) is 37.4 Å². The summed E-state index contributed by atoms with van der Waals surface area (Å²) < 4.78 is 25.5. The van der Waals surface area contributed by atoms with Crippen molar-refractivity contribution in [1.29, 1.82) is 0 Å². The van der Waals surface area contributed by atoms with Gasteiger partial charge in [0.15, 0.2) is 11.6 Å². The Morgan fingerprint density at radius 2 is 1.87 bits per heavy atom. The van der Waals surface area contributed by atoms with E-state index < -0.39 is 23.3 Å². The lowest BCUT2D eigenvalue weighted by atomic mass is 10.3. The van der Waals surface area contributed by atoms with E-state index in [4.69, 9.17) is 0 Å². The first-order chi connectivity index (χ1) is 7.09. The molecule has 0 bridgehead atoms. The zero-order valence-corrected chi connectivity index (χ0v) is 7.67. The van der Waals surface area contributed by atoms with Crippen molar-refractivity contribution in [2.45, 2.75) is 6.42 Å². The second kappa shape index (κ2) is 3.42. The number of Topliss-reactive ketones (excluding diaryl/α,β-unsaturated/α-hetero) is 1. The summed E-state index contributed by atoms with van der Waals surface area (Å²) in [6.45, 7) is 0.225. The zero-order valence-electron chi connectivity index (χ0n) is 7.67. The minimum absolute atomic E-state index is 0.123. The van der Waals surface area contributed by atoms with Crippen molar-refractivity contribution < 1.29 is 18.4 Å². The van der Waals surface area contributed by atoms with E-state index in [2.05, 4.69) is 0 Å². The van der Waals surface area contributed by atoms with Crippen LogP contribution in [0.1, 0.15) is 6.42 Å². The van der Waals surface area contributed by atoms with E-state index >= 15 is 0 Å². The van der Waals surface area contributed by atoms with Crippen molar-refractivity contribution in [1.82, 2.24) is 0 Å². The lowest BCUT2D eigenvalue weighted by Crippen LogP contribution is -2.27. The summed E-state index contributed by atoms with van der Waals surface area (Å²) >= 11 is 0. The van der Waals surface area contributed by atoms with Gasteiger partial charge in [-0.2, -0.15) is 0 Å². The molecule has 1 aliphatic heterocycles. The second-order valence-corrected chi connectivity index (χ2v) is 3.23. The molecule has 1 heterocycles. The van der Waals surface area contributed by atoms with Crippen LogP contribution in [0.25, 0.3) is 0 Å². The maximum Gasteiger partial charge on any atom is 0.294 e. The summed E-state index contributed by atoms with van der Waals surface area (Å²) in [6.07, 6.45) is 0.123. The van der Waals surface area contributed by atoms with Crippen LogP contribution in [0.3, 0.4) is 0 Å². The highest BCUT2D eigenvalue weighted by molar-refractivity contribution is 6.43. The molecule has 15 heavy (non-hydrogen) atoms. The Labute approximate surface area is 84.3 Å². The quantitative estimate of drug-likeness (QED) is 0.656. The van der Waals surface area contributed by atoms with Crippen LogP contribution in [0.15, 0.2) is 18.2 Å². The Balaban J connectivity index is 2.34. The first-order valence-corrected chi connectivity index (χ1v) is 4.39. The molecular formula is C10H7F2NO2. The van der Waals surface area contributed by atoms with E-state index in [-0.39, 0.29) is 18.7 Å². The molecule has 1 aromatic rings. The van der Waals surface area contributed by atoms with Crippen LogP contribution in [-0.4, -0.2) is 18.2 Å². The smallest absolute Gasteiger partial charge is 0.294 e. The number of benzene rings is 1. The van der Waals surface area contributed by atoms with Crippen molar-refractivity contribution in [3.63, 3.8) is 0 Å². The first kappa shape index (κ1) is 9.76. The van der Waals surface area contributed by atoms with Crippen LogP contribution in [0.4, 0.5) is 14.5 Å². The SMILES string of the molecule is O=C1CCN(c2ccc(F)c(F)c2)C1=O. The number of hydrogen-bond donors (Lipinski definition) is 0. The van der Waals surface area contributed by atoms with Crippen LogP contribution in [-0.2, 0) is 9.59 Å². The third-order valence-corrected chi connectivity index (χ3v) is 2.26. The van der Waals surface area contributed by atoms with Gasteiger partial charge in [0.1, 0.15) is 0 Å². The van der Waals surface area contributed by atoms with Crippen LogP contribution < -0.4 is 4.90 Å². The molecule has 2 rings (SSSR count). The fourth-order valence-corrected chi connectivity index (χ4v) is 1.47. The summed E-state index contributed by atoms with van der Waals surface area (Å²) in [5, 5.41) is 0. The summed E-state index contributed by atoms with van der Waals surface area (Å²) in [6, 6.07) is 3.11. The van der Waals surface area contributed by atoms with E-state index in [0.29, 0.717) is 0 Å². The van der Waals surface area contributed by atoms with E-state index in [0.717, 1.165) is 17.0 Å². The molecule has 1 amide bonds. The Hall–Kier alpha value is -1.78. The number of halogens is 2. The van der Waals surface area contributed by atoms with Gasteiger partial charge in [-0.25, -0.2) is 8.78 Å². The molecule has 78 valence electrons. The van der Waals surface area contributed by atoms with E-state index in [1.165, 1.54) is 6.07 Å². The molecule has 0 unspecified atom stereocenters. The van der Waals surface area contributed by atoms with Crippen molar-refractivity contribution >= 4 is 17.4 Å². The highest BCUT2D eigenvalue weighted by atomic mass is 19.2. The molecule has 0 radical (unpaired) electrons. The fourth-order valence-electron chi connectivity index (χ4n) is 1.47. The number of hydrogen-bond acceptors (Lipinski definition) is 2. The molecule has 0 aliphatic carbocycles. The molecule has 5 heteroatoms. The average Bonchev–Trinajstić information content (AvgIpc) is 2.53. The van der Waals surface area contributed by atoms with Gasteiger partial charge in [-0.3, -0.25) is 9.59 Å². The summed E-state index contributed by atoms with van der Waals surface area (Å²) in [7, 11) is 0. The minimum atomic E-state index is -1.03. The number of amides is 1. The molecule has 0 N–H and O–H groups in total. The van der Waals surface area contributed by atoms with Gasteiger partial charge in [0.2, 0.25) is 5.78 Å². The number of rotatable bonds is 1. The van der Waals surface area contributed by atoms with E-state index in [9.17, 15) is 18.4 Å². The number of anilines is 1. The standard InChI is InChI=1S/C10H7F2NO2/c11-7-2-1-6(5-8(7)12)13-4-3-9(14)10(13)15/h1-2,5H,3-4H2. The van der Waals surface area contributed by atoms with Crippen LogP contribution in [0.5, 0.6) is 0 Å². The molecule has 1 aliphatic rings. The van der Waals surface area contributed by atoms with Gasteiger partial charge in [0.25, 0.3) is 5.91 Å². The zero-order chi connectivity index (χ0) is 11.0. The molecule has 0 saturated carbocycles. The number of nitrogens with zero attached hydrogens (tertiary/aromatic N) is 1. The van der Waals surface area contributed by atoms with Crippen molar-refractivity contribution in [3.8, 4) is 0 Å². The Morgan fingerprint density at radius 3 is 2.40 bits per heavy atom. The van der Waals surface area contributed by atoms with Gasteiger partial charge in [-0.15, -0.1) is 0 Å². The fraction of sp³-hybridized carbons (Fsp3) is 0.200. The highest BCUT2D eigenvalue weighted by Crippen LogP contribution is 2.21. The molecule has 1 fully saturated rings. The average molecular weight is 211 g/mol. The molecule has 3 nitrogen and oxygen atoms in total. The van der Waals surface area contributed by atoms with Gasteiger partial charge in [-0.05, 0) is 12.1 Å². The molecule has 1 aromatic carbocycles. The van der Waals surface area contributed by atoms with Crippen molar-refractivity contribution in [3.05, 3.63) is 29.8 Å². The summed E-state index contributed by atoms with van der Waals surface area (Å²) in [4.78, 5) is 23.4. The summed E-state index contributed by atoms with van der Waals surface area (Å²) in [5.41, 5.74) is 0.213. The Kier molecular flexibility index (Phi) is 2.22.